The minimum absolute atomic E-state index is 0.195. The molecular weight excluding hydrogens is 213 g/mol. The van der Waals surface area contributed by atoms with Gasteiger partial charge in [-0.25, -0.2) is 4.39 Å². The van der Waals surface area contributed by atoms with Gasteiger partial charge in [0.25, 0.3) is 0 Å². The summed E-state index contributed by atoms with van der Waals surface area (Å²) in [5.74, 6) is -0.195. The van der Waals surface area contributed by atoms with Gasteiger partial charge in [0.15, 0.2) is 0 Å². The van der Waals surface area contributed by atoms with Crippen molar-refractivity contribution >= 4 is 16.5 Å². The molecular formula is C15H16FN. The Hall–Kier alpha value is -1.83. The van der Waals surface area contributed by atoms with Crippen molar-refractivity contribution in [2.24, 2.45) is 0 Å². The van der Waals surface area contributed by atoms with Gasteiger partial charge < -0.3 is 5.32 Å². The molecule has 2 aromatic rings. The molecule has 17 heavy (non-hydrogen) atoms. The zero-order valence-corrected chi connectivity index (χ0v) is 10.1. The number of hydrogen-bond acceptors (Lipinski definition) is 1. The molecule has 0 unspecified atom stereocenters. The standard InChI is InChI=1S/C15H16FN/c1-3-11(2)10-17-15-7-5-12-8-14(16)6-4-13(12)9-15/h4-10,17H,3H2,1-2H3/b11-10-. The lowest BCUT2D eigenvalue weighted by Crippen LogP contribution is -1.89. The molecule has 88 valence electrons. The average Bonchev–Trinajstić information content (AvgIpc) is 2.35. The number of hydrogen-bond donors (Lipinski definition) is 1. The molecule has 2 aromatic carbocycles. The van der Waals surface area contributed by atoms with Crippen LogP contribution < -0.4 is 5.32 Å². The van der Waals surface area contributed by atoms with E-state index in [1.165, 1.54) is 11.6 Å². The van der Waals surface area contributed by atoms with Gasteiger partial charge in [-0.2, -0.15) is 0 Å². The summed E-state index contributed by atoms with van der Waals surface area (Å²) < 4.78 is 13.0. The van der Waals surface area contributed by atoms with Crippen molar-refractivity contribution in [1.82, 2.24) is 0 Å². The van der Waals surface area contributed by atoms with Crippen molar-refractivity contribution in [3.05, 3.63) is 54.0 Å². The molecule has 0 atom stereocenters. The zero-order chi connectivity index (χ0) is 12.3. The maximum atomic E-state index is 13.0. The van der Waals surface area contributed by atoms with Gasteiger partial charge >= 0.3 is 0 Å². The normalized spacial score (nSPS) is 11.8. The lowest BCUT2D eigenvalue weighted by molar-refractivity contribution is 0.630. The Morgan fingerprint density at radius 1 is 1.18 bits per heavy atom. The Labute approximate surface area is 101 Å². The molecule has 0 fully saturated rings. The van der Waals surface area contributed by atoms with Crippen LogP contribution in [0.3, 0.4) is 0 Å². The highest BCUT2D eigenvalue weighted by Crippen LogP contribution is 2.20. The number of halogens is 1. The summed E-state index contributed by atoms with van der Waals surface area (Å²) >= 11 is 0. The number of anilines is 1. The van der Waals surface area contributed by atoms with Crippen LogP contribution >= 0.6 is 0 Å². The second-order valence-electron chi connectivity index (χ2n) is 4.19. The monoisotopic (exact) mass is 229 g/mol. The molecule has 2 rings (SSSR count). The first-order chi connectivity index (χ1) is 8.19. The van der Waals surface area contributed by atoms with E-state index in [4.69, 9.17) is 0 Å². The van der Waals surface area contributed by atoms with Crippen LogP contribution in [0.1, 0.15) is 20.3 Å². The molecule has 0 spiro atoms. The predicted molar refractivity (Wildman–Crippen MR) is 71.6 cm³/mol. The van der Waals surface area contributed by atoms with Crippen LogP contribution in [0.2, 0.25) is 0 Å². The van der Waals surface area contributed by atoms with Gasteiger partial charge in [0.1, 0.15) is 5.82 Å². The highest BCUT2D eigenvalue weighted by atomic mass is 19.1. The second kappa shape index (κ2) is 5.00. The molecule has 0 aromatic heterocycles. The molecule has 0 amide bonds. The van der Waals surface area contributed by atoms with Crippen LogP contribution in [0.5, 0.6) is 0 Å². The second-order valence-corrected chi connectivity index (χ2v) is 4.19. The average molecular weight is 229 g/mol. The number of nitrogens with one attached hydrogen (secondary N) is 1. The lowest BCUT2D eigenvalue weighted by atomic mass is 10.1. The largest absolute Gasteiger partial charge is 0.362 e. The molecule has 1 N–H and O–H groups in total. The number of allylic oxidation sites excluding steroid dienone is 1. The molecule has 0 bridgehead atoms. The van der Waals surface area contributed by atoms with Crippen LogP contribution in [-0.2, 0) is 0 Å². The Bertz CT molecular complexity index is 558. The van der Waals surface area contributed by atoms with E-state index in [1.54, 1.807) is 12.1 Å². The molecule has 2 heteroatoms. The van der Waals surface area contributed by atoms with Crippen molar-refractivity contribution in [2.75, 3.05) is 5.32 Å². The summed E-state index contributed by atoms with van der Waals surface area (Å²) in [5.41, 5.74) is 2.32. The first kappa shape index (κ1) is 11.6. The molecule has 0 aliphatic rings. The van der Waals surface area contributed by atoms with E-state index >= 15 is 0 Å². The summed E-state index contributed by atoms with van der Waals surface area (Å²) in [7, 11) is 0. The van der Waals surface area contributed by atoms with Crippen molar-refractivity contribution < 1.29 is 4.39 Å². The Kier molecular flexibility index (Phi) is 3.43. The van der Waals surface area contributed by atoms with E-state index in [-0.39, 0.29) is 5.82 Å². The first-order valence-electron chi connectivity index (χ1n) is 5.80. The quantitative estimate of drug-likeness (QED) is 0.804. The Morgan fingerprint density at radius 3 is 2.65 bits per heavy atom. The summed E-state index contributed by atoms with van der Waals surface area (Å²) in [6.07, 6.45) is 3.04. The summed E-state index contributed by atoms with van der Waals surface area (Å²) in [6.45, 7) is 4.21. The van der Waals surface area contributed by atoms with Gasteiger partial charge in [0, 0.05) is 5.69 Å². The van der Waals surface area contributed by atoms with Crippen molar-refractivity contribution in [1.29, 1.82) is 0 Å². The van der Waals surface area contributed by atoms with Crippen molar-refractivity contribution in [3.63, 3.8) is 0 Å². The summed E-state index contributed by atoms with van der Waals surface area (Å²) in [5, 5.41) is 5.21. The summed E-state index contributed by atoms with van der Waals surface area (Å²) in [6, 6.07) is 10.7. The molecule has 0 heterocycles. The Balaban J connectivity index is 2.29. The number of benzene rings is 2. The van der Waals surface area contributed by atoms with Gasteiger partial charge in [-0.15, -0.1) is 0 Å². The van der Waals surface area contributed by atoms with Gasteiger partial charge in [-0.1, -0.05) is 24.6 Å². The van der Waals surface area contributed by atoms with E-state index in [9.17, 15) is 4.39 Å². The SMILES string of the molecule is CC/C(C)=C\Nc1ccc2cc(F)ccc2c1. The fraction of sp³-hybridized carbons (Fsp3) is 0.200. The van der Waals surface area contributed by atoms with Crippen LogP contribution in [0.4, 0.5) is 10.1 Å². The highest BCUT2D eigenvalue weighted by molar-refractivity contribution is 5.85. The van der Waals surface area contributed by atoms with Crippen LogP contribution in [-0.4, -0.2) is 0 Å². The van der Waals surface area contributed by atoms with Crippen LogP contribution in [0.25, 0.3) is 10.8 Å². The minimum Gasteiger partial charge on any atom is -0.362 e. The van der Waals surface area contributed by atoms with E-state index in [1.807, 2.05) is 24.4 Å². The van der Waals surface area contributed by atoms with Crippen LogP contribution in [0.15, 0.2) is 48.2 Å². The molecule has 0 saturated heterocycles. The third kappa shape index (κ3) is 2.84. The van der Waals surface area contributed by atoms with E-state index in [0.717, 1.165) is 22.9 Å². The number of fused-ring (bicyclic) bond motifs is 1. The maximum Gasteiger partial charge on any atom is 0.123 e. The molecule has 0 saturated carbocycles. The van der Waals surface area contributed by atoms with Crippen LogP contribution in [0, 0.1) is 5.82 Å². The smallest absolute Gasteiger partial charge is 0.123 e. The fourth-order valence-electron chi connectivity index (χ4n) is 1.61. The minimum atomic E-state index is -0.195. The lowest BCUT2D eigenvalue weighted by Gasteiger charge is -2.05. The van der Waals surface area contributed by atoms with Crippen molar-refractivity contribution in [2.45, 2.75) is 20.3 Å². The van der Waals surface area contributed by atoms with E-state index in [2.05, 4.69) is 19.2 Å². The van der Waals surface area contributed by atoms with Gasteiger partial charge in [0.05, 0.1) is 0 Å². The first-order valence-corrected chi connectivity index (χ1v) is 5.80. The van der Waals surface area contributed by atoms with Gasteiger partial charge in [0.2, 0.25) is 0 Å². The maximum absolute atomic E-state index is 13.0. The van der Waals surface area contributed by atoms with Gasteiger partial charge in [-0.05, 0) is 54.6 Å². The van der Waals surface area contributed by atoms with Gasteiger partial charge in [-0.3, -0.25) is 0 Å². The van der Waals surface area contributed by atoms with E-state index in [0.29, 0.717) is 0 Å². The third-order valence-electron chi connectivity index (χ3n) is 2.85. The molecule has 0 aliphatic heterocycles. The highest BCUT2D eigenvalue weighted by Gasteiger charge is 1.97. The molecule has 1 nitrogen and oxygen atoms in total. The molecule has 0 aliphatic carbocycles. The summed E-state index contributed by atoms with van der Waals surface area (Å²) in [4.78, 5) is 0. The molecule has 0 radical (unpaired) electrons. The zero-order valence-electron chi connectivity index (χ0n) is 10.1. The third-order valence-corrected chi connectivity index (χ3v) is 2.85. The topological polar surface area (TPSA) is 12.0 Å². The predicted octanol–water partition coefficient (Wildman–Crippen LogP) is 4.70. The Morgan fingerprint density at radius 2 is 1.88 bits per heavy atom. The number of rotatable bonds is 3. The van der Waals surface area contributed by atoms with Crippen molar-refractivity contribution in [3.8, 4) is 0 Å². The van der Waals surface area contributed by atoms with E-state index < -0.39 is 0 Å². The fourth-order valence-corrected chi connectivity index (χ4v) is 1.61.